The van der Waals surface area contributed by atoms with Crippen molar-refractivity contribution in [2.75, 3.05) is 17.2 Å². The summed E-state index contributed by atoms with van der Waals surface area (Å²) in [5, 5.41) is 0. The van der Waals surface area contributed by atoms with Crippen molar-refractivity contribution >= 4 is 17.3 Å². The van der Waals surface area contributed by atoms with Gasteiger partial charge in [0.1, 0.15) is 24.5 Å². The molecule has 1 aliphatic rings. The third-order valence-electron chi connectivity index (χ3n) is 4.68. The van der Waals surface area contributed by atoms with Crippen molar-refractivity contribution in [3.63, 3.8) is 0 Å². The molecule has 6 nitrogen and oxygen atoms in total. The van der Waals surface area contributed by atoms with Crippen LogP contribution in [0.25, 0.3) is 0 Å². The number of hydrogen-bond donors (Lipinski definition) is 2. The van der Waals surface area contributed by atoms with Crippen molar-refractivity contribution in [1.82, 2.24) is 4.57 Å². The summed E-state index contributed by atoms with van der Waals surface area (Å²) in [5.74, 6) is -0.268. The molecule has 1 aromatic heterocycles. The Hall–Kier alpha value is -2.21. The number of amides is 1. The van der Waals surface area contributed by atoms with Crippen LogP contribution in [0, 0.1) is 6.92 Å². The number of nitrogen functional groups attached to an aromatic ring is 1. The van der Waals surface area contributed by atoms with Gasteiger partial charge in [-0.3, -0.25) is 4.79 Å². The minimum atomic E-state index is -0.268. The number of hydrogen-bond acceptors (Lipinski definition) is 3. The van der Waals surface area contributed by atoms with Crippen molar-refractivity contribution in [3.05, 3.63) is 42.5 Å². The number of rotatable bonds is 3. The van der Waals surface area contributed by atoms with E-state index in [2.05, 4.69) is 22.0 Å². The topological polar surface area (TPSA) is 81.2 Å². The molecular formula is C17H24ClN5O. The predicted octanol–water partition coefficient (Wildman–Crippen LogP) is -2.10. The van der Waals surface area contributed by atoms with Crippen LogP contribution in [0.2, 0.25) is 0 Å². The Labute approximate surface area is 148 Å². The maximum Gasteiger partial charge on any atom is 0.243 e. The van der Waals surface area contributed by atoms with Crippen LogP contribution >= 0.6 is 0 Å². The molecule has 1 aromatic carbocycles. The van der Waals surface area contributed by atoms with E-state index in [9.17, 15) is 4.79 Å². The van der Waals surface area contributed by atoms with E-state index in [-0.39, 0.29) is 24.4 Å². The number of imidazole rings is 1. The Balaban J connectivity index is 0.00000208. The van der Waals surface area contributed by atoms with Crippen LogP contribution in [0.15, 0.2) is 36.9 Å². The third kappa shape index (κ3) is 3.48. The standard InChI is InChI=1S/C17H23N5O.ClH/c1-12-9-13(3-5-15(12)18)22-10-14(4-6-16(22)17(19)23)21-8-7-20(2)11-21;/h3,5,7-9,11,14,16H,4,6,10,18H2,1-2H3,(H-,19,23);1H. The molecule has 4 N–H and O–H groups in total. The van der Waals surface area contributed by atoms with E-state index >= 15 is 0 Å². The molecule has 2 unspecified atom stereocenters. The van der Waals surface area contributed by atoms with Crippen LogP contribution in [-0.2, 0) is 11.8 Å². The molecule has 1 saturated heterocycles. The highest BCUT2D eigenvalue weighted by molar-refractivity contribution is 5.84. The molecular weight excluding hydrogens is 326 g/mol. The van der Waals surface area contributed by atoms with Gasteiger partial charge in [-0.15, -0.1) is 0 Å². The first-order chi connectivity index (χ1) is 11.0. The fourth-order valence-corrected chi connectivity index (χ4v) is 3.30. The number of benzene rings is 1. The van der Waals surface area contributed by atoms with Gasteiger partial charge in [-0.1, -0.05) is 0 Å². The van der Waals surface area contributed by atoms with Gasteiger partial charge in [0.15, 0.2) is 0 Å². The van der Waals surface area contributed by atoms with Gasteiger partial charge in [-0.2, -0.15) is 0 Å². The van der Waals surface area contributed by atoms with Gasteiger partial charge in [0.05, 0.1) is 13.6 Å². The number of aromatic nitrogens is 2. The molecule has 0 radical (unpaired) electrons. The van der Waals surface area contributed by atoms with E-state index in [1.807, 2.05) is 42.9 Å². The van der Waals surface area contributed by atoms with Crippen LogP contribution < -0.4 is 33.3 Å². The highest BCUT2D eigenvalue weighted by Gasteiger charge is 2.34. The summed E-state index contributed by atoms with van der Waals surface area (Å²) < 4.78 is 4.23. The van der Waals surface area contributed by atoms with Crippen molar-refractivity contribution in [2.45, 2.75) is 31.8 Å². The zero-order valence-electron chi connectivity index (χ0n) is 14.0. The first kappa shape index (κ1) is 18.1. The number of anilines is 2. The highest BCUT2D eigenvalue weighted by atomic mass is 35.5. The second kappa shape index (κ2) is 7.13. The second-order valence-electron chi connectivity index (χ2n) is 6.37. The zero-order chi connectivity index (χ0) is 16.6. The number of aryl methyl sites for hydroxylation is 2. The number of nitrogens with zero attached hydrogens (tertiary/aromatic N) is 3. The van der Waals surface area contributed by atoms with Gasteiger partial charge in [-0.25, -0.2) is 9.13 Å². The summed E-state index contributed by atoms with van der Waals surface area (Å²) in [5.41, 5.74) is 14.3. The van der Waals surface area contributed by atoms with E-state index < -0.39 is 0 Å². The lowest BCUT2D eigenvalue weighted by Gasteiger charge is -2.38. The van der Waals surface area contributed by atoms with Crippen LogP contribution in [0.1, 0.15) is 24.4 Å². The number of carbonyl (C=O) groups excluding carboxylic acids is 1. The maximum absolute atomic E-state index is 11.9. The third-order valence-corrected chi connectivity index (χ3v) is 4.68. The molecule has 0 spiro atoms. The van der Waals surface area contributed by atoms with E-state index in [0.717, 1.165) is 36.3 Å². The Morgan fingerprint density at radius 2 is 2.08 bits per heavy atom. The van der Waals surface area contributed by atoms with Crippen LogP contribution in [0.5, 0.6) is 0 Å². The molecule has 0 aliphatic carbocycles. The first-order valence-corrected chi connectivity index (χ1v) is 7.90. The monoisotopic (exact) mass is 349 g/mol. The van der Waals surface area contributed by atoms with Crippen LogP contribution in [0.4, 0.5) is 11.4 Å². The molecule has 0 saturated carbocycles. The number of carbonyl (C=O) groups is 1. The molecule has 2 aromatic rings. The van der Waals surface area contributed by atoms with E-state index in [1.54, 1.807) is 0 Å². The summed E-state index contributed by atoms with van der Waals surface area (Å²) in [6.07, 6.45) is 7.86. The summed E-state index contributed by atoms with van der Waals surface area (Å²) in [6, 6.07) is 5.95. The number of primary amides is 1. The van der Waals surface area contributed by atoms with Crippen molar-refractivity contribution < 1.29 is 21.8 Å². The van der Waals surface area contributed by atoms with Gasteiger partial charge in [0.2, 0.25) is 12.2 Å². The van der Waals surface area contributed by atoms with Crippen molar-refractivity contribution in [2.24, 2.45) is 12.8 Å². The summed E-state index contributed by atoms with van der Waals surface area (Å²) >= 11 is 0. The zero-order valence-corrected chi connectivity index (χ0v) is 14.8. The van der Waals surface area contributed by atoms with Crippen molar-refractivity contribution in [3.8, 4) is 0 Å². The summed E-state index contributed by atoms with van der Waals surface area (Å²) in [6.45, 7) is 2.73. The Morgan fingerprint density at radius 3 is 2.67 bits per heavy atom. The maximum atomic E-state index is 11.9. The smallest absolute Gasteiger partial charge is 0.243 e. The predicted molar refractivity (Wildman–Crippen MR) is 89.8 cm³/mol. The molecule has 2 atom stereocenters. The number of piperidine rings is 1. The fourth-order valence-electron chi connectivity index (χ4n) is 3.30. The molecule has 1 aliphatic heterocycles. The lowest BCUT2D eigenvalue weighted by molar-refractivity contribution is -0.671. The molecule has 3 rings (SSSR count). The average molecular weight is 350 g/mol. The van der Waals surface area contributed by atoms with Gasteiger partial charge < -0.3 is 28.8 Å². The van der Waals surface area contributed by atoms with Gasteiger partial charge in [-0.05, 0) is 43.5 Å². The molecule has 1 amide bonds. The largest absolute Gasteiger partial charge is 1.00 e. The van der Waals surface area contributed by atoms with Crippen LogP contribution in [-0.4, -0.2) is 23.1 Å². The lowest BCUT2D eigenvalue weighted by Crippen LogP contribution is -3.00. The quantitative estimate of drug-likeness (QED) is 0.492. The van der Waals surface area contributed by atoms with Gasteiger partial charge >= 0.3 is 0 Å². The first-order valence-electron chi connectivity index (χ1n) is 7.90. The SMILES string of the molecule is Cc1cc(N2CC(n3cc[n+](C)c3)CCC2C(N)=O)ccc1N.[Cl-]. The molecule has 0 bridgehead atoms. The summed E-state index contributed by atoms with van der Waals surface area (Å²) in [4.78, 5) is 14.0. The Bertz CT molecular complexity index is 730. The van der Waals surface area contributed by atoms with E-state index in [0.29, 0.717) is 6.04 Å². The minimum absolute atomic E-state index is 0. The van der Waals surface area contributed by atoms with Crippen molar-refractivity contribution in [1.29, 1.82) is 0 Å². The minimum Gasteiger partial charge on any atom is -1.00 e. The summed E-state index contributed by atoms with van der Waals surface area (Å²) in [7, 11) is 2.01. The normalized spacial score (nSPS) is 20.5. The Kier molecular flexibility index (Phi) is 5.39. The number of nitrogens with two attached hydrogens (primary N) is 2. The average Bonchev–Trinajstić information content (AvgIpc) is 2.96. The fraction of sp³-hybridized carbons (Fsp3) is 0.412. The van der Waals surface area contributed by atoms with Gasteiger partial charge in [0, 0.05) is 11.4 Å². The molecule has 2 heterocycles. The van der Waals surface area contributed by atoms with Crippen LogP contribution in [0.3, 0.4) is 0 Å². The second-order valence-corrected chi connectivity index (χ2v) is 6.37. The molecule has 24 heavy (non-hydrogen) atoms. The molecule has 1 fully saturated rings. The Morgan fingerprint density at radius 1 is 1.33 bits per heavy atom. The van der Waals surface area contributed by atoms with E-state index in [4.69, 9.17) is 11.5 Å². The van der Waals surface area contributed by atoms with E-state index in [1.165, 1.54) is 0 Å². The lowest BCUT2D eigenvalue weighted by atomic mass is 9.96. The number of halogens is 1. The highest BCUT2D eigenvalue weighted by Crippen LogP contribution is 2.31. The van der Waals surface area contributed by atoms with Gasteiger partial charge in [0.25, 0.3) is 0 Å². The molecule has 130 valence electrons. The molecule has 7 heteroatoms.